The number of rotatable bonds is 8. The minimum Gasteiger partial charge on any atom is -0.490 e. The summed E-state index contributed by atoms with van der Waals surface area (Å²) in [6.45, 7) is 5.56. The van der Waals surface area contributed by atoms with Crippen molar-refractivity contribution in [2.24, 2.45) is 0 Å². The first-order chi connectivity index (χ1) is 16.4. The van der Waals surface area contributed by atoms with E-state index in [0.29, 0.717) is 58.2 Å². The first-order valence-electron chi connectivity index (χ1n) is 11.6. The van der Waals surface area contributed by atoms with E-state index in [4.69, 9.17) is 14.2 Å². The zero-order valence-electron chi connectivity index (χ0n) is 19.5. The molecule has 2 saturated heterocycles. The van der Waals surface area contributed by atoms with Crippen LogP contribution in [0.4, 0.5) is 4.39 Å². The number of hydrogen-bond donors (Lipinski definition) is 0. The van der Waals surface area contributed by atoms with E-state index in [2.05, 4.69) is 4.98 Å². The monoisotopic (exact) mass is 474 g/mol. The second-order valence-corrected chi connectivity index (χ2v) is 8.68. The Balaban J connectivity index is 1.44. The second kappa shape index (κ2) is 11.0. The maximum Gasteiger partial charge on any atom is 0.225 e. The van der Waals surface area contributed by atoms with Crippen molar-refractivity contribution in [3.63, 3.8) is 0 Å². The van der Waals surface area contributed by atoms with E-state index in [1.807, 2.05) is 17.7 Å². The van der Waals surface area contributed by atoms with Crippen LogP contribution >= 0.6 is 0 Å². The minimum absolute atomic E-state index is 0.0126. The predicted molar refractivity (Wildman–Crippen MR) is 121 cm³/mol. The summed E-state index contributed by atoms with van der Waals surface area (Å²) in [5.41, 5.74) is -0.997. The van der Waals surface area contributed by atoms with Crippen LogP contribution in [0, 0.1) is 12.7 Å². The average molecular weight is 475 g/mol. The lowest BCUT2D eigenvalue weighted by atomic mass is 9.96. The number of imidazole rings is 1. The van der Waals surface area contributed by atoms with E-state index in [9.17, 15) is 14.0 Å². The molecule has 2 fully saturated rings. The number of carbonyl (C=O) groups is 2. The standard InChI is InChI=1S/C24H31FN4O5/c1-19-26-7-9-27(19)8-6-22(30)29-12-15-34-24(17-29,16-23(31)28-10-13-32-14-11-28)18-33-21-4-2-20(25)3-5-21/h2-5,7,9H,6,8,10-18H2,1H3/t24-/m0/s1. The molecule has 0 saturated carbocycles. The molecule has 2 amide bonds. The Bertz CT molecular complexity index is 976. The van der Waals surface area contributed by atoms with Gasteiger partial charge in [0.25, 0.3) is 0 Å². The van der Waals surface area contributed by atoms with Gasteiger partial charge in [0, 0.05) is 45.0 Å². The van der Waals surface area contributed by atoms with Gasteiger partial charge in [0.15, 0.2) is 0 Å². The lowest BCUT2D eigenvalue weighted by Crippen LogP contribution is -2.58. The van der Waals surface area contributed by atoms with E-state index < -0.39 is 5.60 Å². The number of morpholine rings is 2. The fourth-order valence-electron chi connectivity index (χ4n) is 4.26. The Morgan fingerprint density at radius 2 is 1.82 bits per heavy atom. The van der Waals surface area contributed by atoms with E-state index >= 15 is 0 Å². The van der Waals surface area contributed by atoms with Crippen LogP contribution in [-0.2, 0) is 25.6 Å². The third-order valence-corrected chi connectivity index (χ3v) is 6.24. The van der Waals surface area contributed by atoms with E-state index in [0.717, 1.165) is 5.82 Å². The summed E-state index contributed by atoms with van der Waals surface area (Å²) in [5.74, 6) is 0.897. The zero-order valence-corrected chi connectivity index (χ0v) is 19.5. The number of benzene rings is 1. The third kappa shape index (κ3) is 6.12. The molecule has 9 nitrogen and oxygen atoms in total. The fraction of sp³-hybridized carbons (Fsp3) is 0.542. The Morgan fingerprint density at radius 3 is 2.53 bits per heavy atom. The second-order valence-electron chi connectivity index (χ2n) is 8.68. The molecule has 0 aliphatic carbocycles. The quantitative estimate of drug-likeness (QED) is 0.578. The normalized spacial score (nSPS) is 20.9. The van der Waals surface area contributed by atoms with Gasteiger partial charge in [0.05, 0.1) is 32.8 Å². The molecule has 184 valence electrons. The average Bonchev–Trinajstić information content (AvgIpc) is 3.27. The number of ether oxygens (including phenoxy) is 3. The van der Waals surface area contributed by atoms with Crippen molar-refractivity contribution >= 4 is 11.8 Å². The van der Waals surface area contributed by atoms with Crippen LogP contribution in [0.3, 0.4) is 0 Å². The van der Waals surface area contributed by atoms with Gasteiger partial charge in [-0.2, -0.15) is 0 Å². The summed E-state index contributed by atoms with van der Waals surface area (Å²) in [6, 6.07) is 5.70. The predicted octanol–water partition coefficient (Wildman–Crippen LogP) is 1.65. The number of hydrogen-bond acceptors (Lipinski definition) is 6. The van der Waals surface area contributed by atoms with E-state index in [1.165, 1.54) is 24.3 Å². The van der Waals surface area contributed by atoms with Crippen molar-refractivity contribution in [3.05, 3.63) is 48.3 Å². The van der Waals surface area contributed by atoms with Crippen LogP contribution in [0.5, 0.6) is 5.75 Å². The Labute approximate surface area is 198 Å². The van der Waals surface area contributed by atoms with Crippen molar-refractivity contribution in [1.29, 1.82) is 0 Å². The molecule has 0 spiro atoms. The molecule has 0 bridgehead atoms. The number of aromatic nitrogens is 2. The molecule has 1 aromatic heterocycles. The summed E-state index contributed by atoms with van der Waals surface area (Å²) in [4.78, 5) is 33.8. The molecule has 1 aromatic carbocycles. The molecule has 1 atom stereocenters. The van der Waals surface area contributed by atoms with Gasteiger partial charge in [-0.25, -0.2) is 9.37 Å². The molecule has 4 rings (SSSR count). The van der Waals surface area contributed by atoms with Crippen molar-refractivity contribution < 1.29 is 28.2 Å². The van der Waals surface area contributed by atoms with Crippen LogP contribution in [-0.4, -0.2) is 89.4 Å². The number of aryl methyl sites for hydroxylation is 2. The van der Waals surface area contributed by atoms with Gasteiger partial charge in [0.2, 0.25) is 11.8 Å². The maximum atomic E-state index is 13.3. The van der Waals surface area contributed by atoms with Gasteiger partial charge < -0.3 is 28.6 Å². The van der Waals surface area contributed by atoms with Gasteiger partial charge in [0.1, 0.15) is 29.6 Å². The van der Waals surface area contributed by atoms with Crippen LogP contribution in [0.25, 0.3) is 0 Å². The number of nitrogens with zero attached hydrogens (tertiary/aromatic N) is 4. The molecule has 2 aliphatic rings. The molecular weight excluding hydrogens is 443 g/mol. The fourth-order valence-corrected chi connectivity index (χ4v) is 4.26. The van der Waals surface area contributed by atoms with Crippen LogP contribution < -0.4 is 4.74 Å². The third-order valence-electron chi connectivity index (χ3n) is 6.24. The summed E-state index contributed by atoms with van der Waals surface area (Å²) >= 11 is 0. The smallest absolute Gasteiger partial charge is 0.225 e. The Morgan fingerprint density at radius 1 is 1.09 bits per heavy atom. The summed E-state index contributed by atoms with van der Waals surface area (Å²) in [5, 5.41) is 0. The van der Waals surface area contributed by atoms with Crippen molar-refractivity contribution in [3.8, 4) is 5.75 Å². The Kier molecular flexibility index (Phi) is 7.79. The zero-order chi connectivity index (χ0) is 24.0. The van der Waals surface area contributed by atoms with Crippen LogP contribution in [0.2, 0.25) is 0 Å². The molecule has 2 aliphatic heterocycles. The van der Waals surface area contributed by atoms with Gasteiger partial charge in [-0.05, 0) is 31.2 Å². The molecule has 0 N–H and O–H groups in total. The van der Waals surface area contributed by atoms with E-state index in [1.54, 1.807) is 16.0 Å². The van der Waals surface area contributed by atoms with E-state index in [-0.39, 0.29) is 37.2 Å². The van der Waals surface area contributed by atoms with Crippen LogP contribution in [0.1, 0.15) is 18.7 Å². The summed E-state index contributed by atoms with van der Waals surface area (Å²) in [6.07, 6.45) is 3.97. The highest BCUT2D eigenvalue weighted by atomic mass is 19.1. The molecule has 0 radical (unpaired) electrons. The number of halogens is 1. The topological polar surface area (TPSA) is 86.1 Å². The van der Waals surface area contributed by atoms with Gasteiger partial charge in [-0.15, -0.1) is 0 Å². The Hall–Kier alpha value is -2.98. The first-order valence-corrected chi connectivity index (χ1v) is 11.6. The summed E-state index contributed by atoms with van der Waals surface area (Å²) < 4.78 is 32.6. The van der Waals surface area contributed by atoms with Crippen molar-refractivity contribution in [2.75, 3.05) is 52.6 Å². The van der Waals surface area contributed by atoms with Gasteiger partial charge >= 0.3 is 0 Å². The van der Waals surface area contributed by atoms with Gasteiger partial charge in [-0.1, -0.05) is 0 Å². The first kappa shape index (κ1) is 24.2. The lowest BCUT2D eigenvalue weighted by Gasteiger charge is -2.43. The minimum atomic E-state index is -0.997. The van der Waals surface area contributed by atoms with Crippen LogP contribution in [0.15, 0.2) is 36.7 Å². The summed E-state index contributed by atoms with van der Waals surface area (Å²) in [7, 11) is 0. The lowest BCUT2D eigenvalue weighted by molar-refractivity contribution is -0.167. The SMILES string of the molecule is Cc1nccn1CCC(=O)N1CCO[C@@](COc2ccc(F)cc2)(CC(=O)N2CCOCC2)C1. The van der Waals surface area contributed by atoms with Crippen molar-refractivity contribution in [1.82, 2.24) is 19.4 Å². The number of amides is 2. The largest absolute Gasteiger partial charge is 0.490 e. The highest BCUT2D eigenvalue weighted by Crippen LogP contribution is 2.26. The number of carbonyl (C=O) groups excluding carboxylic acids is 2. The van der Waals surface area contributed by atoms with Gasteiger partial charge in [-0.3, -0.25) is 9.59 Å². The highest BCUT2D eigenvalue weighted by Gasteiger charge is 2.42. The maximum absolute atomic E-state index is 13.3. The molecule has 10 heteroatoms. The van der Waals surface area contributed by atoms with Crippen molar-refractivity contribution in [2.45, 2.75) is 31.9 Å². The molecule has 0 unspecified atom stereocenters. The highest BCUT2D eigenvalue weighted by molar-refractivity contribution is 5.79. The molecule has 34 heavy (non-hydrogen) atoms. The molecule has 2 aromatic rings. The molecular formula is C24H31FN4O5. The molecule has 3 heterocycles.